The van der Waals surface area contributed by atoms with Crippen LogP contribution in [0, 0.1) is 5.92 Å². The van der Waals surface area contributed by atoms with Crippen molar-refractivity contribution in [1.29, 1.82) is 0 Å². The summed E-state index contributed by atoms with van der Waals surface area (Å²) in [5, 5.41) is 6.10. The van der Waals surface area contributed by atoms with E-state index in [1.807, 2.05) is 0 Å². The summed E-state index contributed by atoms with van der Waals surface area (Å²) >= 11 is 0. The van der Waals surface area contributed by atoms with Crippen molar-refractivity contribution in [3.63, 3.8) is 0 Å². The fourth-order valence-corrected chi connectivity index (χ4v) is 1.99. The Morgan fingerprint density at radius 1 is 1.44 bits per heavy atom. The molecule has 4 nitrogen and oxygen atoms in total. The average Bonchev–Trinajstić information content (AvgIpc) is 2.59. The van der Waals surface area contributed by atoms with Crippen LogP contribution in [0.2, 0.25) is 0 Å². The van der Waals surface area contributed by atoms with Crippen LogP contribution in [0.4, 0.5) is 0 Å². The average molecular weight is 251 g/mol. The summed E-state index contributed by atoms with van der Waals surface area (Å²) < 4.78 is 4.88. The van der Waals surface area contributed by atoms with Gasteiger partial charge in [-0.1, -0.05) is 13.3 Å². The monoisotopic (exact) mass is 250 g/mol. The molecule has 5 heteroatoms. The Hall–Kier alpha value is -0.320. The Bertz CT molecular complexity index is 202. The molecule has 0 spiro atoms. The van der Waals surface area contributed by atoms with E-state index in [0.29, 0.717) is 25.1 Å². The molecule has 0 aliphatic heterocycles. The first-order chi connectivity index (χ1) is 7.24. The number of nitrogens with one attached hydrogen (secondary N) is 2. The van der Waals surface area contributed by atoms with Gasteiger partial charge in [-0.25, -0.2) is 0 Å². The highest BCUT2D eigenvalue weighted by Crippen LogP contribution is 2.24. The van der Waals surface area contributed by atoms with Crippen molar-refractivity contribution in [1.82, 2.24) is 10.6 Å². The van der Waals surface area contributed by atoms with E-state index < -0.39 is 0 Å². The maximum absolute atomic E-state index is 11.5. The van der Waals surface area contributed by atoms with Gasteiger partial charge in [0.2, 0.25) is 5.91 Å². The first-order valence-electron chi connectivity index (χ1n) is 5.73. The molecule has 0 aromatic rings. The zero-order chi connectivity index (χ0) is 11.1. The number of carbonyl (C=O) groups is 1. The van der Waals surface area contributed by atoms with Crippen LogP contribution in [-0.4, -0.2) is 38.8 Å². The molecule has 1 aliphatic carbocycles. The summed E-state index contributed by atoms with van der Waals surface area (Å²) in [6, 6.07) is 0.390. The van der Waals surface area contributed by atoms with Crippen LogP contribution in [0.5, 0.6) is 0 Å². The van der Waals surface area contributed by atoms with Gasteiger partial charge < -0.3 is 15.4 Å². The zero-order valence-electron chi connectivity index (χ0n) is 10.1. The molecule has 1 fully saturated rings. The summed E-state index contributed by atoms with van der Waals surface area (Å²) in [5.74, 6) is 0.734. The predicted molar refractivity (Wildman–Crippen MR) is 66.9 cm³/mol. The molecule has 1 rings (SSSR count). The highest BCUT2D eigenvalue weighted by Gasteiger charge is 2.24. The molecule has 1 amide bonds. The normalized spacial score (nSPS) is 23.9. The van der Waals surface area contributed by atoms with E-state index in [2.05, 4.69) is 17.6 Å². The number of methoxy groups -OCH3 is 1. The second kappa shape index (κ2) is 8.79. The maximum Gasteiger partial charge on any atom is 0.234 e. The Kier molecular flexibility index (Phi) is 8.61. The lowest BCUT2D eigenvalue weighted by Gasteiger charge is -2.17. The minimum Gasteiger partial charge on any atom is -0.383 e. The van der Waals surface area contributed by atoms with Crippen LogP contribution >= 0.6 is 12.4 Å². The fraction of sp³-hybridized carbons (Fsp3) is 0.909. The quantitative estimate of drug-likeness (QED) is 0.691. The Morgan fingerprint density at radius 2 is 2.19 bits per heavy atom. The Morgan fingerprint density at radius 3 is 2.75 bits per heavy atom. The lowest BCUT2D eigenvalue weighted by Crippen LogP contribution is -2.42. The van der Waals surface area contributed by atoms with Crippen molar-refractivity contribution in [3.8, 4) is 0 Å². The van der Waals surface area contributed by atoms with Gasteiger partial charge in [0.15, 0.2) is 0 Å². The molecule has 2 N–H and O–H groups in total. The fourth-order valence-electron chi connectivity index (χ4n) is 1.99. The third kappa shape index (κ3) is 5.68. The number of rotatable bonds is 6. The first-order valence-corrected chi connectivity index (χ1v) is 5.73. The van der Waals surface area contributed by atoms with E-state index in [0.717, 1.165) is 13.0 Å². The van der Waals surface area contributed by atoms with E-state index in [4.69, 9.17) is 4.74 Å². The molecule has 16 heavy (non-hydrogen) atoms. The van der Waals surface area contributed by atoms with Gasteiger partial charge in [0, 0.05) is 19.7 Å². The van der Waals surface area contributed by atoms with Gasteiger partial charge in [0.25, 0.3) is 0 Å². The van der Waals surface area contributed by atoms with Crippen LogP contribution in [0.3, 0.4) is 0 Å². The zero-order valence-corrected chi connectivity index (χ0v) is 10.9. The van der Waals surface area contributed by atoms with Crippen LogP contribution in [0.1, 0.15) is 26.2 Å². The van der Waals surface area contributed by atoms with Gasteiger partial charge in [-0.2, -0.15) is 0 Å². The SMILES string of the molecule is COCCNCC(=O)NC1CCCC1C.Cl. The molecule has 1 saturated carbocycles. The van der Waals surface area contributed by atoms with Crippen molar-refractivity contribution < 1.29 is 9.53 Å². The van der Waals surface area contributed by atoms with E-state index in [-0.39, 0.29) is 18.3 Å². The largest absolute Gasteiger partial charge is 0.383 e. The van der Waals surface area contributed by atoms with Gasteiger partial charge in [-0.15, -0.1) is 12.4 Å². The molecular formula is C11H23ClN2O2. The third-order valence-electron chi connectivity index (χ3n) is 2.98. The van der Waals surface area contributed by atoms with E-state index in [9.17, 15) is 4.79 Å². The van der Waals surface area contributed by atoms with Crippen molar-refractivity contribution in [2.75, 3.05) is 26.8 Å². The van der Waals surface area contributed by atoms with Crippen LogP contribution in [0.25, 0.3) is 0 Å². The Labute approximate surface area is 104 Å². The van der Waals surface area contributed by atoms with Gasteiger partial charge in [-0.3, -0.25) is 4.79 Å². The molecule has 96 valence electrons. The van der Waals surface area contributed by atoms with Gasteiger partial charge >= 0.3 is 0 Å². The summed E-state index contributed by atoms with van der Waals surface area (Å²) in [6.45, 7) is 3.97. The molecular weight excluding hydrogens is 228 g/mol. The van der Waals surface area contributed by atoms with Gasteiger partial charge in [0.1, 0.15) is 0 Å². The van der Waals surface area contributed by atoms with Crippen LogP contribution in [-0.2, 0) is 9.53 Å². The molecule has 0 heterocycles. The molecule has 2 unspecified atom stereocenters. The van der Waals surface area contributed by atoms with Gasteiger partial charge in [-0.05, 0) is 18.8 Å². The molecule has 0 aromatic carbocycles. The molecule has 1 aliphatic rings. The minimum atomic E-state index is 0. The lowest BCUT2D eigenvalue weighted by atomic mass is 10.1. The highest BCUT2D eigenvalue weighted by molar-refractivity contribution is 5.85. The topological polar surface area (TPSA) is 50.4 Å². The predicted octanol–water partition coefficient (Wildman–Crippen LogP) is 0.949. The number of ether oxygens (including phenoxy) is 1. The van der Waals surface area contributed by atoms with Crippen LogP contribution in [0.15, 0.2) is 0 Å². The second-order valence-corrected chi connectivity index (χ2v) is 4.25. The molecule has 2 atom stereocenters. The highest BCUT2D eigenvalue weighted by atomic mass is 35.5. The minimum absolute atomic E-state index is 0. The molecule has 0 radical (unpaired) electrons. The standard InChI is InChI=1S/C11H22N2O2.ClH/c1-9-4-3-5-10(9)13-11(14)8-12-6-7-15-2;/h9-10,12H,3-8H2,1-2H3,(H,13,14);1H. The van der Waals surface area contributed by atoms with E-state index in [1.54, 1.807) is 7.11 Å². The van der Waals surface area contributed by atoms with E-state index in [1.165, 1.54) is 12.8 Å². The summed E-state index contributed by atoms with van der Waals surface area (Å²) in [7, 11) is 1.65. The van der Waals surface area contributed by atoms with Crippen LogP contribution < -0.4 is 10.6 Å². The van der Waals surface area contributed by atoms with Crippen molar-refractivity contribution in [3.05, 3.63) is 0 Å². The van der Waals surface area contributed by atoms with Crippen molar-refractivity contribution >= 4 is 18.3 Å². The molecule has 0 saturated heterocycles. The van der Waals surface area contributed by atoms with E-state index >= 15 is 0 Å². The second-order valence-electron chi connectivity index (χ2n) is 4.25. The summed E-state index contributed by atoms with van der Waals surface area (Å²) in [6.07, 6.45) is 3.61. The number of halogens is 1. The first kappa shape index (κ1) is 15.7. The number of hydrogen-bond donors (Lipinski definition) is 2. The molecule has 0 aromatic heterocycles. The lowest BCUT2D eigenvalue weighted by molar-refractivity contribution is -0.121. The third-order valence-corrected chi connectivity index (χ3v) is 2.98. The number of hydrogen-bond acceptors (Lipinski definition) is 3. The number of amides is 1. The molecule has 0 bridgehead atoms. The number of carbonyl (C=O) groups excluding carboxylic acids is 1. The van der Waals surface area contributed by atoms with Crippen molar-refractivity contribution in [2.24, 2.45) is 5.92 Å². The Balaban J connectivity index is 0.00000225. The summed E-state index contributed by atoms with van der Waals surface area (Å²) in [5.41, 5.74) is 0. The van der Waals surface area contributed by atoms with Crippen molar-refractivity contribution in [2.45, 2.75) is 32.2 Å². The summed E-state index contributed by atoms with van der Waals surface area (Å²) in [4.78, 5) is 11.5. The maximum atomic E-state index is 11.5. The smallest absolute Gasteiger partial charge is 0.234 e. The van der Waals surface area contributed by atoms with Gasteiger partial charge in [0.05, 0.1) is 13.2 Å².